The van der Waals surface area contributed by atoms with Gasteiger partial charge in [-0.25, -0.2) is 4.98 Å². The van der Waals surface area contributed by atoms with Crippen molar-refractivity contribution in [2.45, 2.75) is 25.6 Å². The van der Waals surface area contributed by atoms with Crippen molar-refractivity contribution in [2.75, 3.05) is 13.2 Å². The Morgan fingerprint density at radius 3 is 3.00 bits per heavy atom. The molecule has 1 fully saturated rings. The third-order valence-electron chi connectivity index (χ3n) is 4.06. The van der Waals surface area contributed by atoms with E-state index in [-0.39, 0.29) is 6.10 Å². The molecule has 0 spiro atoms. The van der Waals surface area contributed by atoms with E-state index in [1.54, 1.807) is 0 Å². The second kappa shape index (κ2) is 6.18. The third kappa shape index (κ3) is 3.28. The largest absolute Gasteiger partial charge is 0.371 e. The van der Waals surface area contributed by atoms with Crippen LogP contribution in [-0.2, 0) is 18.3 Å². The number of aryl methyl sites for hydroxylation is 1. The van der Waals surface area contributed by atoms with Gasteiger partial charge in [-0.3, -0.25) is 4.90 Å². The Labute approximate surface area is 130 Å². The number of nitrogens with zero attached hydrogens (tertiary/aromatic N) is 3. The number of halogens is 1. The molecule has 0 N–H and O–H groups in total. The summed E-state index contributed by atoms with van der Waals surface area (Å²) in [4.78, 5) is 6.63. The molecule has 21 heavy (non-hydrogen) atoms. The summed E-state index contributed by atoms with van der Waals surface area (Å²) in [5.41, 5.74) is 2.36. The lowest BCUT2D eigenvalue weighted by Gasteiger charge is -2.38. The molecule has 3 rings (SSSR count). The van der Waals surface area contributed by atoms with Crippen molar-refractivity contribution in [1.82, 2.24) is 14.5 Å². The first-order chi connectivity index (χ1) is 10.1. The van der Waals surface area contributed by atoms with Crippen molar-refractivity contribution in [2.24, 2.45) is 7.05 Å². The normalized spacial score (nSPS) is 23.4. The number of benzene rings is 1. The molecule has 0 unspecified atom stereocenters. The quantitative estimate of drug-likeness (QED) is 0.873. The molecule has 1 aliphatic heterocycles. The van der Waals surface area contributed by atoms with Crippen LogP contribution in [0.4, 0.5) is 0 Å². The molecule has 0 bridgehead atoms. The van der Waals surface area contributed by atoms with Crippen LogP contribution >= 0.6 is 11.6 Å². The minimum Gasteiger partial charge on any atom is -0.371 e. The molecule has 112 valence electrons. The maximum Gasteiger partial charge on any atom is 0.0953 e. The molecule has 0 saturated carbocycles. The molecule has 4 nitrogen and oxygen atoms in total. The molecule has 2 aromatic rings. The van der Waals surface area contributed by atoms with Crippen LogP contribution in [0.25, 0.3) is 0 Å². The zero-order valence-corrected chi connectivity index (χ0v) is 13.1. The first-order valence-corrected chi connectivity index (χ1v) is 7.57. The lowest BCUT2D eigenvalue weighted by molar-refractivity contribution is -0.0639. The summed E-state index contributed by atoms with van der Waals surface area (Å²) in [6.07, 6.45) is 3.85. The summed E-state index contributed by atoms with van der Waals surface area (Å²) in [6, 6.07) is 8.34. The van der Waals surface area contributed by atoms with Gasteiger partial charge in [0.1, 0.15) is 0 Å². The standard InChI is InChI=1S/C16H20ClN3O/c1-12-10-21-16(13-4-3-5-14(17)6-13)9-20(12)8-15-7-18-11-19(15)2/h3-7,11-12,16H,8-10H2,1-2H3/t12-,16-/m0/s1. The Hall–Kier alpha value is -1.36. The minimum atomic E-state index is 0.0770. The fourth-order valence-corrected chi connectivity index (χ4v) is 2.88. The van der Waals surface area contributed by atoms with E-state index in [2.05, 4.69) is 27.4 Å². The number of aromatic nitrogens is 2. The first-order valence-electron chi connectivity index (χ1n) is 7.20. The average Bonchev–Trinajstić information content (AvgIpc) is 2.87. The zero-order valence-electron chi connectivity index (χ0n) is 12.4. The molecule has 1 saturated heterocycles. The van der Waals surface area contributed by atoms with Crippen molar-refractivity contribution >= 4 is 11.6 Å². The molecule has 1 aliphatic rings. The van der Waals surface area contributed by atoms with Crippen LogP contribution in [0, 0.1) is 0 Å². The summed E-state index contributed by atoms with van der Waals surface area (Å²) in [5.74, 6) is 0. The van der Waals surface area contributed by atoms with Crippen LogP contribution in [0.1, 0.15) is 24.3 Å². The van der Waals surface area contributed by atoms with Gasteiger partial charge in [0.2, 0.25) is 0 Å². The highest BCUT2D eigenvalue weighted by molar-refractivity contribution is 6.30. The van der Waals surface area contributed by atoms with Gasteiger partial charge < -0.3 is 9.30 Å². The fraction of sp³-hybridized carbons (Fsp3) is 0.438. The predicted molar refractivity (Wildman–Crippen MR) is 83.2 cm³/mol. The SMILES string of the molecule is C[C@H]1CO[C@H](c2cccc(Cl)c2)CN1Cc1cncn1C. The van der Waals surface area contributed by atoms with E-state index in [0.29, 0.717) is 6.04 Å². The van der Waals surface area contributed by atoms with Crippen molar-refractivity contribution in [1.29, 1.82) is 0 Å². The highest BCUT2D eigenvalue weighted by Gasteiger charge is 2.27. The van der Waals surface area contributed by atoms with Crippen molar-refractivity contribution < 1.29 is 4.74 Å². The monoisotopic (exact) mass is 305 g/mol. The first kappa shape index (κ1) is 14.6. The fourth-order valence-electron chi connectivity index (χ4n) is 2.68. The topological polar surface area (TPSA) is 30.3 Å². The molecular formula is C16H20ClN3O. The number of rotatable bonds is 3. The van der Waals surface area contributed by atoms with E-state index in [1.807, 2.05) is 37.8 Å². The Morgan fingerprint density at radius 1 is 1.43 bits per heavy atom. The van der Waals surface area contributed by atoms with Crippen LogP contribution in [0.2, 0.25) is 5.02 Å². The summed E-state index contributed by atoms with van der Waals surface area (Å²) in [7, 11) is 2.03. The average molecular weight is 306 g/mol. The van der Waals surface area contributed by atoms with Crippen LogP contribution in [-0.4, -0.2) is 33.6 Å². The summed E-state index contributed by atoms with van der Waals surface area (Å²) in [5, 5.41) is 0.757. The Kier molecular flexibility index (Phi) is 4.29. The lowest BCUT2D eigenvalue weighted by Crippen LogP contribution is -2.44. The van der Waals surface area contributed by atoms with Gasteiger partial charge in [-0.2, -0.15) is 0 Å². The van der Waals surface area contributed by atoms with Gasteiger partial charge in [-0.05, 0) is 24.6 Å². The zero-order chi connectivity index (χ0) is 14.8. The smallest absolute Gasteiger partial charge is 0.0953 e. The maximum absolute atomic E-state index is 6.08. The van der Waals surface area contributed by atoms with Crippen molar-refractivity contribution in [3.63, 3.8) is 0 Å². The van der Waals surface area contributed by atoms with E-state index in [0.717, 1.165) is 30.3 Å². The highest BCUT2D eigenvalue weighted by Crippen LogP contribution is 2.27. The molecule has 5 heteroatoms. The summed E-state index contributed by atoms with van der Waals surface area (Å²) < 4.78 is 8.05. The van der Waals surface area contributed by atoms with Gasteiger partial charge in [0.15, 0.2) is 0 Å². The van der Waals surface area contributed by atoms with E-state index in [1.165, 1.54) is 5.69 Å². The van der Waals surface area contributed by atoms with Crippen molar-refractivity contribution in [3.8, 4) is 0 Å². The van der Waals surface area contributed by atoms with Gasteiger partial charge in [0.25, 0.3) is 0 Å². The third-order valence-corrected chi connectivity index (χ3v) is 4.30. The number of morpholine rings is 1. The van der Waals surface area contributed by atoms with Gasteiger partial charge in [0.05, 0.1) is 24.7 Å². The highest BCUT2D eigenvalue weighted by atomic mass is 35.5. The number of ether oxygens (including phenoxy) is 1. The van der Waals surface area contributed by atoms with Crippen LogP contribution in [0.5, 0.6) is 0 Å². The van der Waals surface area contributed by atoms with Gasteiger partial charge in [-0.15, -0.1) is 0 Å². The number of hydrogen-bond donors (Lipinski definition) is 0. The van der Waals surface area contributed by atoms with E-state index >= 15 is 0 Å². The van der Waals surface area contributed by atoms with Gasteiger partial charge >= 0.3 is 0 Å². The Bertz CT molecular complexity index is 613. The summed E-state index contributed by atoms with van der Waals surface area (Å²) in [6.45, 7) is 4.68. The molecular weight excluding hydrogens is 286 g/mol. The molecule has 2 atom stereocenters. The molecule has 0 radical (unpaired) electrons. The van der Waals surface area contributed by atoms with Crippen LogP contribution in [0.3, 0.4) is 0 Å². The predicted octanol–water partition coefficient (Wildman–Crippen LogP) is 3.04. The Morgan fingerprint density at radius 2 is 2.29 bits per heavy atom. The summed E-state index contributed by atoms with van der Waals surface area (Å²) >= 11 is 6.08. The molecule has 1 aromatic heterocycles. The molecule has 0 aliphatic carbocycles. The lowest BCUT2D eigenvalue weighted by atomic mass is 10.1. The second-order valence-corrected chi connectivity index (χ2v) is 6.09. The molecule has 0 amide bonds. The van der Waals surface area contributed by atoms with E-state index in [9.17, 15) is 0 Å². The van der Waals surface area contributed by atoms with E-state index < -0.39 is 0 Å². The van der Waals surface area contributed by atoms with Gasteiger partial charge in [-0.1, -0.05) is 23.7 Å². The van der Waals surface area contributed by atoms with Crippen molar-refractivity contribution in [3.05, 3.63) is 53.1 Å². The van der Waals surface area contributed by atoms with Crippen LogP contribution < -0.4 is 0 Å². The van der Waals surface area contributed by atoms with Crippen LogP contribution in [0.15, 0.2) is 36.8 Å². The maximum atomic E-state index is 6.08. The van der Waals surface area contributed by atoms with E-state index in [4.69, 9.17) is 16.3 Å². The number of imidazole rings is 1. The van der Waals surface area contributed by atoms with Gasteiger partial charge in [0, 0.05) is 37.4 Å². The second-order valence-electron chi connectivity index (χ2n) is 5.65. The minimum absolute atomic E-state index is 0.0770. The Balaban J connectivity index is 1.74. The molecule has 2 heterocycles. The molecule has 1 aromatic carbocycles. The number of hydrogen-bond acceptors (Lipinski definition) is 3.